The first-order valence-corrected chi connectivity index (χ1v) is 5.77. The molecule has 1 saturated heterocycles. The van der Waals surface area contributed by atoms with Crippen molar-refractivity contribution in [2.45, 2.75) is 32.2 Å². The number of anilines is 1. The summed E-state index contributed by atoms with van der Waals surface area (Å²) in [5.74, 6) is 1.10. The van der Waals surface area contributed by atoms with E-state index in [1.54, 1.807) is 0 Å². The van der Waals surface area contributed by atoms with E-state index in [0.717, 1.165) is 30.9 Å². The first kappa shape index (κ1) is 10.4. The Kier molecular flexibility index (Phi) is 3.21. The van der Waals surface area contributed by atoms with E-state index in [9.17, 15) is 0 Å². The van der Waals surface area contributed by atoms with E-state index >= 15 is 0 Å². The van der Waals surface area contributed by atoms with Crippen LogP contribution in [0.1, 0.15) is 37.8 Å². The van der Waals surface area contributed by atoms with Crippen LogP contribution in [-0.2, 0) is 0 Å². The summed E-state index contributed by atoms with van der Waals surface area (Å²) in [5.41, 5.74) is 7.08. The topological polar surface area (TPSA) is 42.1 Å². The van der Waals surface area contributed by atoms with Crippen LogP contribution < -0.4 is 10.6 Å². The largest absolute Gasteiger partial charge is 0.357 e. The van der Waals surface area contributed by atoms with Crippen molar-refractivity contribution in [3.8, 4) is 0 Å². The van der Waals surface area contributed by atoms with Crippen molar-refractivity contribution >= 4 is 5.82 Å². The lowest BCUT2D eigenvalue weighted by molar-refractivity contribution is 0.694. The molecule has 1 fully saturated rings. The van der Waals surface area contributed by atoms with Gasteiger partial charge in [-0.2, -0.15) is 0 Å². The van der Waals surface area contributed by atoms with Crippen LogP contribution in [0.5, 0.6) is 0 Å². The molecular formula is C12H19N3. The Morgan fingerprint density at radius 3 is 2.67 bits per heavy atom. The number of nitrogens with zero attached hydrogens (tertiary/aromatic N) is 2. The summed E-state index contributed by atoms with van der Waals surface area (Å²) >= 11 is 0. The van der Waals surface area contributed by atoms with Crippen molar-refractivity contribution < 1.29 is 0 Å². The summed E-state index contributed by atoms with van der Waals surface area (Å²) in [6.07, 6.45) is 5.46. The zero-order valence-electron chi connectivity index (χ0n) is 9.32. The molecule has 1 aromatic heterocycles. The molecular weight excluding hydrogens is 186 g/mol. The molecule has 3 nitrogen and oxygen atoms in total. The molecule has 0 aliphatic carbocycles. The molecule has 2 heterocycles. The van der Waals surface area contributed by atoms with Gasteiger partial charge in [0.05, 0.1) is 0 Å². The lowest BCUT2D eigenvalue weighted by Gasteiger charge is -2.17. The van der Waals surface area contributed by atoms with Gasteiger partial charge in [0.1, 0.15) is 5.82 Å². The molecule has 2 rings (SSSR count). The minimum absolute atomic E-state index is 0.130. The minimum Gasteiger partial charge on any atom is -0.357 e. The summed E-state index contributed by atoms with van der Waals surface area (Å²) in [5, 5.41) is 0. The second kappa shape index (κ2) is 4.62. The highest BCUT2D eigenvalue weighted by atomic mass is 15.2. The fraction of sp³-hybridized carbons (Fsp3) is 0.583. The second-order valence-corrected chi connectivity index (χ2v) is 4.16. The van der Waals surface area contributed by atoms with Gasteiger partial charge in [0.15, 0.2) is 0 Å². The van der Waals surface area contributed by atoms with Gasteiger partial charge in [-0.25, -0.2) is 4.98 Å². The molecule has 1 aromatic rings. The molecule has 1 atom stereocenters. The third-order valence-electron chi connectivity index (χ3n) is 3.07. The van der Waals surface area contributed by atoms with Crippen LogP contribution >= 0.6 is 0 Å². The van der Waals surface area contributed by atoms with Crippen molar-refractivity contribution in [3.63, 3.8) is 0 Å². The van der Waals surface area contributed by atoms with Gasteiger partial charge in [-0.15, -0.1) is 0 Å². The van der Waals surface area contributed by atoms with E-state index in [1.165, 1.54) is 12.8 Å². The zero-order valence-corrected chi connectivity index (χ0v) is 9.32. The summed E-state index contributed by atoms with van der Waals surface area (Å²) in [6.45, 7) is 4.39. The van der Waals surface area contributed by atoms with E-state index < -0.39 is 0 Å². The standard InChI is InChI=1S/C12H19N3/c1-2-11(13)10-5-6-12(14-9-10)15-7-3-4-8-15/h5-6,9,11H,2-4,7-8,13H2,1H3. The van der Waals surface area contributed by atoms with Crippen molar-refractivity contribution in [1.82, 2.24) is 4.98 Å². The van der Waals surface area contributed by atoms with Crippen LogP contribution in [0.3, 0.4) is 0 Å². The van der Waals surface area contributed by atoms with Crippen LogP contribution in [0.4, 0.5) is 5.82 Å². The number of rotatable bonds is 3. The number of nitrogens with two attached hydrogens (primary N) is 1. The molecule has 1 unspecified atom stereocenters. The highest BCUT2D eigenvalue weighted by Gasteiger charge is 2.13. The van der Waals surface area contributed by atoms with Crippen LogP contribution in [0.2, 0.25) is 0 Å². The summed E-state index contributed by atoms with van der Waals surface area (Å²) < 4.78 is 0. The average molecular weight is 205 g/mol. The molecule has 2 N–H and O–H groups in total. The van der Waals surface area contributed by atoms with Gasteiger partial charge < -0.3 is 10.6 Å². The minimum atomic E-state index is 0.130. The van der Waals surface area contributed by atoms with Crippen molar-refractivity contribution in [3.05, 3.63) is 23.9 Å². The van der Waals surface area contributed by atoms with Gasteiger partial charge in [-0.3, -0.25) is 0 Å². The Bertz CT molecular complexity index is 301. The Hall–Kier alpha value is -1.09. The summed E-state index contributed by atoms with van der Waals surface area (Å²) in [7, 11) is 0. The molecule has 1 aliphatic heterocycles. The molecule has 1 aliphatic rings. The first-order valence-electron chi connectivity index (χ1n) is 5.77. The molecule has 3 heteroatoms. The van der Waals surface area contributed by atoms with Crippen molar-refractivity contribution in [2.75, 3.05) is 18.0 Å². The molecule has 82 valence electrons. The fourth-order valence-electron chi connectivity index (χ4n) is 1.99. The highest BCUT2D eigenvalue weighted by molar-refractivity contribution is 5.40. The molecule has 0 radical (unpaired) electrons. The number of hydrogen-bond donors (Lipinski definition) is 1. The maximum absolute atomic E-state index is 5.94. The Labute approximate surface area is 91.3 Å². The average Bonchev–Trinajstić information content (AvgIpc) is 2.82. The van der Waals surface area contributed by atoms with Gasteiger partial charge in [0, 0.05) is 25.3 Å². The van der Waals surface area contributed by atoms with E-state index in [4.69, 9.17) is 5.73 Å². The van der Waals surface area contributed by atoms with E-state index in [-0.39, 0.29) is 6.04 Å². The predicted molar refractivity (Wildman–Crippen MR) is 62.9 cm³/mol. The van der Waals surface area contributed by atoms with Crippen LogP contribution in [-0.4, -0.2) is 18.1 Å². The second-order valence-electron chi connectivity index (χ2n) is 4.16. The van der Waals surface area contributed by atoms with Gasteiger partial charge in [-0.1, -0.05) is 13.0 Å². The third-order valence-corrected chi connectivity index (χ3v) is 3.07. The predicted octanol–water partition coefficient (Wildman–Crippen LogP) is 2.09. The number of pyridine rings is 1. The normalized spacial score (nSPS) is 18.1. The van der Waals surface area contributed by atoms with Gasteiger partial charge in [0.2, 0.25) is 0 Å². The summed E-state index contributed by atoms with van der Waals surface area (Å²) in [6, 6.07) is 4.33. The zero-order chi connectivity index (χ0) is 10.7. The van der Waals surface area contributed by atoms with Crippen LogP contribution in [0, 0.1) is 0 Å². The lowest BCUT2D eigenvalue weighted by atomic mass is 10.1. The van der Waals surface area contributed by atoms with Gasteiger partial charge >= 0.3 is 0 Å². The summed E-state index contributed by atoms with van der Waals surface area (Å²) in [4.78, 5) is 6.81. The third kappa shape index (κ3) is 2.29. The Morgan fingerprint density at radius 2 is 2.13 bits per heavy atom. The van der Waals surface area contributed by atoms with Crippen LogP contribution in [0.15, 0.2) is 18.3 Å². The Balaban J connectivity index is 2.09. The van der Waals surface area contributed by atoms with Crippen LogP contribution in [0.25, 0.3) is 0 Å². The number of hydrogen-bond acceptors (Lipinski definition) is 3. The quantitative estimate of drug-likeness (QED) is 0.821. The van der Waals surface area contributed by atoms with Gasteiger partial charge in [-0.05, 0) is 30.9 Å². The first-order chi connectivity index (χ1) is 7.31. The maximum atomic E-state index is 5.94. The van der Waals surface area contributed by atoms with Gasteiger partial charge in [0.25, 0.3) is 0 Å². The smallest absolute Gasteiger partial charge is 0.128 e. The monoisotopic (exact) mass is 205 g/mol. The fourth-order valence-corrected chi connectivity index (χ4v) is 1.99. The molecule has 0 saturated carbocycles. The SMILES string of the molecule is CCC(N)c1ccc(N2CCCC2)nc1. The van der Waals surface area contributed by atoms with Crippen molar-refractivity contribution in [1.29, 1.82) is 0 Å². The van der Waals surface area contributed by atoms with E-state index in [0.29, 0.717) is 0 Å². The van der Waals surface area contributed by atoms with Crippen molar-refractivity contribution in [2.24, 2.45) is 5.73 Å². The Morgan fingerprint density at radius 1 is 1.40 bits per heavy atom. The number of aromatic nitrogens is 1. The highest BCUT2D eigenvalue weighted by Crippen LogP contribution is 2.19. The molecule has 0 bridgehead atoms. The maximum Gasteiger partial charge on any atom is 0.128 e. The lowest BCUT2D eigenvalue weighted by Crippen LogP contribution is -2.19. The molecule has 0 aromatic carbocycles. The molecule has 15 heavy (non-hydrogen) atoms. The van der Waals surface area contributed by atoms with E-state index in [2.05, 4.69) is 28.9 Å². The molecule has 0 amide bonds. The molecule has 0 spiro atoms. The van der Waals surface area contributed by atoms with E-state index in [1.807, 2.05) is 6.20 Å².